The summed E-state index contributed by atoms with van der Waals surface area (Å²) in [6, 6.07) is 1.27. The first-order chi connectivity index (χ1) is 7.50. The maximum atomic E-state index is 12.6. The van der Waals surface area contributed by atoms with Crippen molar-refractivity contribution in [2.75, 3.05) is 5.32 Å². The molecule has 1 fully saturated rings. The summed E-state index contributed by atoms with van der Waals surface area (Å²) >= 11 is 5.69. The molecule has 0 spiro atoms. The van der Waals surface area contributed by atoms with E-state index < -0.39 is 5.92 Å². The third kappa shape index (κ3) is 2.41. The van der Waals surface area contributed by atoms with E-state index >= 15 is 0 Å². The first-order valence-corrected chi connectivity index (χ1v) is 5.27. The summed E-state index contributed by atoms with van der Waals surface area (Å²) in [6.45, 7) is -0.199. The van der Waals surface area contributed by atoms with Crippen molar-refractivity contribution >= 4 is 17.3 Å². The van der Waals surface area contributed by atoms with Crippen LogP contribution in [0.15, 0.2) is 12.3 Å². The number of halogens is 3. The molecule has 3 nitrogen and oxygen atoms in total. The number of anilines is 1. The highest BCUT2D eigenvalue weighted by Gasteiger charge is 2.45. The maximum Gasteiger partial charge on any atom is 0.252 e. The molecule has 0 radical (unpaired) electrons. The lowest BCUT2D eigenvalue weighted by Gasteiger charge is -2.36. The Balaban J connectivity index is 2.06. The molecule has 0 amide bonds. The second kappa shape index (κ2) is 4.14. The molecule has 0 bridgehead atoms. The van der Waals surface area contributed by atoms with Crippen LogP contribution in [0.25, 0.3) is 0 Å². The van der Waals surface area contributed by atoms with Crippen LogP contribution in [0.1, 0.15) is 18.4 Å². The minimum Gasteiger partial charge on any atom is -0.392 e. The van der Waals surface area contributed by atoms with Gasteiger partial charge in [0, 0.05) is 36.3 Å². The lowest BCUT2D eigenvalue weighted by Crippen LogP contribution is -2.44. The largest absolute Gasteiger partial charge is 0.392 e. The molecule has 88 valence electrons. The molecule has 0 atom stereocenters. The van der Waals surface area contributed by atoms with E-state index in [0.717, 1.165) is 0 Å². The van der Waals surface area contributed by atoms with Crippen LogP contribution >= 0.6 is 11.6 Å². The average Bonchev–Trinajstić information content (AvgIpc) is 2.15. The van der Waals surface area contributed by atoms with Gasteiger partial charge in [0.2, 0.25) is 0 Å². The zero-order valence-electron chi connectivity index (χ0n) is 8.38. The SMILES string of the molecule is OCc1cnc(Cl)cc1NC1CC(F)(F)C1. The number of alkyl halides is 2. The summed E-state index contributed by atoms with van der Waals surface area (Å²) in [6.07, 6.45) is 1.07. The molecule has 1 aromatic heterocycles. The van der Waals surface area contributed by atoms with Crippen molar-refractivity contribution in [1.29, 1.82) is 0 Å². The van der Waals surface area contributed by atoms with Gasteiger partial charge in [0.25, 0.3) is 5.92 Å². The highest BCUT2D eigenvalue weighted by molar-refractivity contribution is 6.29. The molecule has 0 saturated heterocycles. The summed E-state index contributed by atoms with van der Waals surface area (Å²) in [4.78, 5) is 3.81. The Morgan fingerprint density at radius 2 is 2.25 bits per heavy atom. The monoisotopic (exact) mass is 248 g/mol. The van der Waals surface area contributed by atoms with Crippen LogP contribution in [0.5, 0.6) is 0 Å². The van der Waals surface area contributed by atoms with E-state index in [1.807, 2.05) is 0 Å². The van der Waals surface area contributed by atoms with Crippen LogP contribution < -0.4 is 5.32 Å². The number of nitrogens with zero attached hydrogens (tertiary/aromatic N) is 1. The third-order valence-electron chi connectivity index (χ3n) is 2.57. The smallest absolute Gasteiger partial charge is 0.252 e. The van der Waals surface area contributed by atoms with Crippen molar-refractivity contribution in [1.82, 2.24) is 4.98 Å². The Bertz CT molecular complexity index is 392. The summed E-state index contributed by atoms with van der Waals surface area (Å²) in [7, 11) is 0. The van der Waals surface area contributed by atoms with Crippen LogP contribution in [0, 0.1) is 0 Å². The molecule has 16 heavy (non-hydrogen) atoms. The fourth-order valence-corrected chi connectivity index (χ4v) is 1.86. The number of hydrogen-bond donors (Lipinski definition) is 2. The van der Waals surface area contributed by atoms with Crippen molar-refractivity contribution < 1.29 is 13.9 Å². The standard InChI is InChI=1S/C10H11ClF2N2O/c11-9-1-8(6(5-16)4-14-9)15-7-2-10(12,13)3-7/h1,4,7,16H,2-3,5H2,(H,14,15). The van der Waals surface area contributed by atoms with Gasteiger partial charge >= 0.3 is 0 Å². The van der Waals surface area contributed by atoms with Crippen molar-refractivity contribution in [3.05, 3.63) is 23.0 Å². The molecule has 6 heteroatoms. The van der Waals surface area contributed by atoms with E-state index in [4.69, 9.17) is 16.7 Å². The topological polar surface area (TPSA) is 45.2 Å². The Kier molecular flexibility index (Phi) is 2.99. The van der Waals surface area contributed by atoms with Crippen molar-refractivity contribution in [2.24, 2.45) is 0 Å². The molecule has 2 rings (SSSR count). The predicted molar refractivity (Wildman–Crippen MR) is 56.8 cm³/mol. The lowest BCUT2D eigenvalue weighted by atomic mass is 9.88. The number of pyridine rings is 1. The number of aliphatic hydroxyl groups excluding tert-OH is 1. The van der Waals surface area contributed by atoms with Gasteiger partial charge in [0.05, 0.1) is 6.61 Å². The second-order valence-electron chi connectivity index (χ2n) is 3.93. The lowest BCUT2D eigenvalue weighted by molar-refractivity contribution is -0.0793. The number of aliphatic hydroxyl groups is 1. The fourth-order valence-electron chi connectivity index (χ4n) is 1.70. The third-order valence-corrected chi connectivity index (χ3v) is 2.78. The van der Waals surface area contributed by atoms with E-state index in [1.54, 1.807) is 0 Å². The van der Waals surface area contributed by atoms with Gasteiger partial charge in [-0.3, -0.25) is 0 Å². The van der Waals surface area contributed by atoms with Crippen LogP contribution in [-0.2, 0) is 6.61 Å². The van der Waals surface area contributed by atoms with Crippen molar-refractivity contribution in [3.8, 4) is 0 Å². The van der Waals surface area contributed by atoms with Crippen molar-refractivity contribution in [3.63, 3.8) is 0 Å². The molecular formula is C10H11ClF2N2O. The summed E-state index contributed by atoms with van der Waals surface area (Å²) in [5, 5.41) is 12.2. The molecule has 1 aromatic rings. The van der Waals surface area contributed by atoms with Crippen LogP contribution in [0.2, 0.25) is 5.15 Å². The van der Waals surface area contributed by atoms with Gasteiger partial charge in [0.15, 0.2) is 0 Å². The number of nitrogens with one attached hydrogen (secondary N) is 1. The molecule has 0 aliphatic heterocycles. The van der Waals surface area contributed by atoms with Gasteiger partial charge in [-0.05, 0) is 6.07 Å². The zero-order chi connectivity index (χ0) is 11.8. The van der Waals surface area contributed by atoms with Crippen LogP contribution in [0.3, 0.4) is 0 Å². The van der Waals surface area contributed by atoms with Gasteiger partial charge in [-0.1, -0.05) is 11.6 Å². The molecular weight excluding hydrogens is 238 g/mol. The first kappa shape index (κ1) is 11.5. The summed E-state index contributed by atoms with van der Waals surface area (Å²) < 4.78 is 25.2. The fraction of sp³-hybridized carbons (Fsp3) is 0.500. The molecule has 1 saturated carbocycles. The van der Waals surface area contributed by atoms with E-state index in [9.17, 15) is 8.78 Å². The van der Waals surface area contributed by atoms with Crippen LogP contribution in [0.4, 0.5) is 14.5 Å². The molecule has 1 aliphatic carbocycles. The number of aromatic nitrogens is 1. The minimum absolute atomic E-state index is 0.183. The Morgan fingerprint density at radius 1 is 1.56 bits per heavy atom. The number of rotatable bonds is 3. The predicted octanol–water partition coefficient (Wildman–Crippen LogP) is 2.44. The number of hydrogen-bond acceptors (Lipinski definition) is 3. The van der Waals surface area contributed by atoms with E-state index in [0.29, 0.717) is 11.3 Å². The molecule has 0 unspecified atom stereocenters. The van der Waals surface area contributed by atoms with Gasteiger partial charge in [-0.15, -0.1) is 0 Å². The normalized spacial score (nSPS) is 19.2. The Labute approximate surface area is 96.4 Å². The molecule has 1 aliphatic rings. The van der Waals surface area contributed by atoms with E-state index in [-0.39, 0.29) is 30.6 Å². The highest BCUT2D eigenvalue weighted by Crippen LogP contribution is 2.39. The summed E-state index contributed by atoms with van der Waals surface area (Å²) in [5.74, 6) is -2.56. The molecule has 2 N–H and O–H groups in total. The maximum absolute atomic E-state index is 12.6. The second-order valence-corrected chi connectivity index (χ2v) is 4.31. The zero-order valence-corrected chi connectivity index (χ0v) is 9.14. The Hall–Kier alpha value is -0.940. The van der Waals surface area contributed by atoms with E-state index in [2.05, 4.69) is 10.3 Å². The highest BCUT2D eigenvalue weighted by atomic mass is 35.5. The van der Waals surface area contributed by atoms with Gasteiger partial charge in [-0.2, -0.15) is 0 Å². The summed E-state index contributed by atoms with van der Waals surface area (Å²) in [5.41, 5.74) is 1.13. The first-order valence-electron chi connectivity index (χ1n) is 4.90. The van der Waals surface area contributed by atoms with Crippen LogP contribution in [-0.4, -0.2) is 22.1 Å². The Morgan fingerprint density at radius 3 is 2.81 bits per heavy atom. The van der Waals surface area contributed by atoms with Gasteiger partial charge in [0.1, 0.15) is 5.15 Å². The van der Waals surface area contributed by atoms with Crippen molar-refractivity contribution in [2.45, 2.75) is 31.4 Å². The minimum atomic E-state index is -2.56. The quantitative estimate of drug-likeness (QED) is 0.808. The molecule has 1 heterocycles. The van der Waals surface area contributed by atoms with E-state index in [1.165, 1.54) is 12.3 Å². The average molecular weight is 249 g/mol. The molecule has 0 aromatic carbocycles. The van der Waals surface area contributed by atoms with Gasteiger partial charge in [-0.25, -0.2) is 13.8 Å². The van der Waals surface area contributed by atoms with Gasteiger partial charge < -0.3 is 10.4 Å².